The molecule has 0 atom stereocenters. The van der Waals surface area contributed by atoms with Crippen LogP contribution >= 0.6 is 27.7 Å². The van der Waals surface area contributed by atoms with E-state index in [1.165, 1.54) is 23.3 Å². The number of hydrogen-bond donors (Lipinski definition) is 1. The summed E-state index contributed by atoms with van der Waals surface area (Å²) in [7, 11) is 0. The highest BCUT2D eigenvalue weighted by molar-refractivity contribution is 9.10. The number of rotatable bonds is 4. The molecule has 1 aliphatic carbocycles. The van der Waals surface area contributed by atoms with E-state index in [4.69, 9.17) is 5.73 Å². The molecule has 1 heterocycles. The summed E-state index contributed by atoms with van der Waals surface area (Å²) in [5.74, 6) is 2.69. The molecule has 1 aromatic carbocycles. The Hall–Kier alpha value is -1.07. The molecular weight excluding hydrogens is 334 g/mol. The van der Waals surface area contributed by atoms with E-state index in [0.29, 0.717) is 11.7 Å². The van der Waals surface area contributed by atoms with E-state index in [1.807, 2.05) is 0 Å². The average molecular weight is 350 g/mol. The quantitative estimate of drug-likeness (QED) is 0.836. The number of hydrogen-bond acceptors (Lipinski definition) is 4. The largest absolute Gasteiger partial charge is 0.383 e. The van der Waals surface area contributed by atoms with Crippen molar-refractivity contribution in [3.8, 4) is 0 Å². The molecule has 104 valence electrons. The van der Waals surface area contributed by atoms with Crippen LogP contribution in [0.2, 0.25) is 0 Å². The lowest BCUT2D eigenvalue weighted by Gasteiger charge is -2.08. The molecule has 3 nitrogen and oxygen atoms in total. The van der Waals surface area contributed by atoms with Crippen molar-refractivity contribution in [2.24, 2.45) is 0 Å². The maximum Gasteiger partial charge on any atom is 0.141 e. The highest BCUT2D eigenvalue weighted by atomic mass is 79.9. The topological polar surface area (TPSA) is 51.8 Å². The Morgan fingerprint density at radius 2 is 2.15 bits per heavy atom. The zero-order valence-electron chi connectivity index (χ0n) is 11.3. The van der Waals surface area contributed by atoms with Crippen LogP contribution in [0.3, 0.4) is 0 Å². The van der Waals surface area contributed by atoms with Crippen LogP contribution in [0.1, 0.15) is 35.8 Å². The number of aryl methyl sites for hydroxylation is 1. The van der Waals surface area contributed by atoms with Gasteiger partial charge in [-0.3, -0.25) is 0 Å². The molecule has 0 saturated heterocycles. The van der Waals surface area contributed by atoms with Crippen molar-refractivity contribution in [1.29, 1.82) is 0 Å². The molecule has 1 aliphatic rings. The normalized spacial score (nSPS) is 14.5. The van der Waals surface area contributed by atoms with Crippen LogP contribution in [0.15, 0.2) is 33.6 Å². The number of nitrogen functional groups attached to an aromatic ring is 1. The summed E-state index contributed by atoms with van der Waals surface area (Å²) in [6.45, 7) is 2.10. The summed E-state index contributed by atoms with van der Waals surface area (Å²) >= 11 is 5.25. The lowest BCUT2D eigenvalue weighted by Crippen LogP contribution is -2.04. The van der Waals surface area contributed by atoms with E-state index in [2.05, 4.69) is 57.1 Å². The van der Waals surface area contributed by atoms with Gasteiger partial charge in [0.25, 0.3) is 0 Å². The molecule has 0 aliphatic heterocycles. The van der Waals surface area contributed by atoms with E-state index in [1.54, 1.807) is 11.8 Å². The van der Waals surface area contributed by atoms with Gasteiger partial charge in [0.1, 0.15) is 11.6 Å². The summed E-state index contributed by atoms with van der Waals surface area (Å²) < 4.78 is 0.879. The monoisotopic (exact) mass is 349 g/mol. The maximum absolute atomic E-state index is 5.97. The van der Waals surface area contributed by atoms with Gasteiger partial charge in [-0.2, -0.15) is 0 Å². The second-order valence-electron chi connectivity index (χ2n) is 5.10. The first-order chi connectivity index (χ1) is 9.63. The van der Waals surface area contributed by atoms with Gasteiger partial charge in [0.2, 0.25) is 0 Å². The standard InChI is InChI=1S/C15H16BrN3S/c1-9-3-2-4-11(7-9)20-8-12-18-14(10-5-6-10)13(16)15(17)19-12/h2-4,7,10H,5-6,8H2,1H3,(H2,17,18,19). The van der Waals surface area contributed by atoms with Crippen LogP contribution in [0.4, 0.5) is 5.82 Å². The van der Waals surface area contributed by atoms with Gasteiger partial charge in [0.15, 0.2) is 0 Å². The van der Waals surface area contributed by atoms with Gasteiger partial charge in [-0.15, -0.1) is 11.8 Å². The molecule has 1 saturated carbocycles. The summed E-state index contributed by atoms with van der Waals surface area (Å²) in [4.78, 5) is 10.3. The number of nitrogens with two attached hydrogens (primary N) is 1. The molecule has 3 rings (SSSR count). The zero-order valence-corrected chi connectivity index (χ0v) is 13.7. The molecule has 2 aromatic rings. The minimum atomic E-state index is 0.557. The fourth-order valence-corrected chi connectivity index (χ4v) is 3.45. The number of halogens is 1. The number of aromatic nitrogens is 2. The summed E-state index contributed by atoms with van der Waals surface area (Å²) in [6, 6.07) is 8.46. The first-order valence-electron chi connectivity index (χ1n) is 6.64. The zero-order chi connectivity index (χ0) is 14.1. The summed E-state index contributed by atoms with van der Waals surface area (Å²) in [5.41, 5.74) is 8.32. The highest BCUT2D eigenvalue weighted by Crippen LogP contribution is 2.43. The third-order valence-electron chi connectivity index (χ3n) is 3.27. The van der Waals surface area contributed by atoms with Crippen molar-refractivity contribution in [2.75, 3.05) is 5.73 Å². The number of nitrogens with zero attached hydrogens (tertiary/aromatic N) is 2. The lowest BCUT2D eigenvalue weighted by molar-refractivity contribution is 0.925. The molecule has 1 fully saturated rings. The van der Waals surface area contributed by atoms with Crippen molar-refractivity contribution in [3.05, 3.63) is 45.8 Å². The van der Waals surface area contributed by atoms with Gasteiger partial charge in [0, 0.05) is 10.8 Å². The van der Waals surface area contributed by atoms with E-state index in [-0.39, 0.29) is 0 Å². The van der Waals surface area contributed by atoms with Crippen molar-refractivity contribution in [1.82, 2.24) is 9.97 Å². The van der Waals surface area contributed by atoms with Gasteiger partial charge in [-0.25, -0.2) is 9.97 Å². The van der Waals surface area contributed by atoms with E-state index >= 15 is 0 Å². The Morgan fingerprint density at radius 3 is 2.85 bits per heavy atom. The molecule has 0 amide bonds. The molecular formula is C15H16BrN3S. The van der Waals surface area contributed by atoms with E-state index in [0.717, 1.165) is 21.7 Å². The van der Waals surface area contributed by atoms with Gasteiger partial charge >= 0.3 is 0 Å². The lowest BCUT2D eigenvalue weighted by atomic mass is 10.2. The maximum atomic E-state index is 5.97. The Balaban J connectivity index is 1.77. The SMILES string of the molecule is Cc1cccc(SCc2nc(N)c(Br)c(C3CC3)n2)c1. The van der Waals surface area contributed by atoms with Crippen LogP contribution in [-0.2, 0) is 5.75 Å². The Morgan fingerprint density at radius 1 is 1.35 bits per heavy atom. The van der Waals surface area contributed by atoms with Gasteiger partial charge in [-0.1, -0.05) is 17.7 Å². The Kier molecular flexibility index (Phi) is 3.98. The van der Waals surface area contributed by atoms with Crippen molar-refractivity contribution >= 4 is 33.5 Å². The third kappa shape index (κ3) is 3.15. The molecule has 5 heteroatoms. The second-order valence-corrected chi connectivity index (χ2v) is 6.95. The van der Waals surface area contributed by atoms with Crippen LogP contribution < -0.4 is 5.73 Å². The van der Waals surface area contributed by atoms with Gasteiger partial charge in [-0.05, 0) is 47.8 Å². The first-order valence-corrected chi connectivity index (χ1v) is 8.42. The molecule has 20 heavy (non-hydrogen) atoms. The van der Waals surface area contributed by atoms with Crippen molar-refractivity contribution in [3.63, 3.8) is 0 Å². The number of benzene rings is 1. The molecule has 0 spiro atoms. The first kappa shape index (κ1) is 13.9. The summed E-state index contributed by atoms with van der Waals surface area (Å²) in [5, 5.41) is 0. The van der Waals surface area contributed by atoms with Gasteiger partial charge in [0.05, 0.1) is 15.9 Å². The molecule has 0 unspecified atom stereocenters. The number of anilines is 1. The number of thioether (sulfide) groups is 1. The van der Waals surface area contributed by atoms with Crippen molar-refractivity contribution < 1.29 is 0 Å². The molecule has 0 bridgehead atoms. The average Bonchev–Trinajstić information content (AvgIpc) is 3.24. The van der Waals surface area contributed by atoms with E-state index in [9.17, 15) is 0 Å². The van der Waals surface area contributed by atoms with E-state index < -0.39 is 0 Å². The Bertz CT molecular complexity index is 641. The molecule has 1 aromatic heterocycles. The minimum absolute atomic E-state index is 0.557. The fraction of sp³-hybridized carbons (Fsp3) is 0.333. The molecule has 2 N–H and O–H groups in total. The van der Waals surface area contributed by atoms with Crippen molar-refractivity contribution in [2.45, 2.75) is 36.3 Å². The predicted octanol–water partition coefficient (Wildman–Crippen LogP) is 4.30. The van der Waals surface area contributed by atoms with Crippen LogP contribution in [0.25, 0.3) is 0 Å². The fourth-order valence-electron chi connectivity index (χ4n) is 2.08. The smallest absolute Gasteiger partial charge is 0.141 e. The highest BCUT2D eigenvalue weighted by Gasteiger charge is 2.28. The predicted molar refractivity (Wildman–Crippen MR) is 86.9 cm³/mol. The second kappa shape index (κ2) is 5.74. The van der Waals surface area contributed by atoms with Gasteiger partial charge < -0.3 is 5.73 Å². The van der Waals surface area contributed by atoms with Crippen LogP contribution in [0.5, 0.6) is 0 Å². The third-order valence-corrected chi connectivity index (χ3v) is 5.07. The summed E-state index contributed by atoms with van der Waals surface area (Å²) in [6.07, 6.45) is 2.42. The Labute approximate surface area is 131 Å². The minimum Gasteiger partial charge on any atom is -0.383 e. The molecule has 0 radical (unpaired) electrons. The van der Waals surface area contributed by atoms with Crippen LogP contribution in [0, 0.1) is 6.92 Å². The van der Waals surface area contributed by atoms with Crippen LogP contribution in [-0.4, -0.2) is 9.97 Å².